The highest BCUT2D eigenvalue weighted by atomic mass is 35.5. The van der Waals surface area contributed by atoms with Crippen LogP contribution in [0.2, 0.25) is 5.02 Å². The van der Waals surface area contributed by atoms with Gasteiger partial charge in [0, 0.05) is 23.7 Å². The third-order valence-corrected chi connectivity index (χ3v) is 6.71. The van der Waals surface area contributed by atoms with Crippen LogP contribution in [0.3, 0.4) is 0 Å². The average Bonchev–Trinajstić information content (AvgIpc) is 2.86. The maximum Gasteiger partial charge on any atom is 0.259 e. The van der Waals surface area contributed by atoms with Crippen molar-refractivity contribution in [3.63, 3.8) is 0 Å². The molecule has 30 heavy (non-hydrogen) atoms. The molecule has 0 aliphatic carbocycles. The lowest BCUT2D eigenvalue weighted by Crippen LogP contribution is -2.31. The van der Waals surface area contributed by atoms with E-state index in [4.69, 9.17) is 11.6 Å². The molecule has 0 unspecified atom stereocenters. The standard InChI is InChI=1S/C23H19ClN2O3S/c1-2-26-19-13-16(22(27)25-14-15-7-10-17(24)11-8-15)9-12-21(19)30(29)20-6-4-3-5-18(20)23(26)28/h3-13H,2,14H2,1H3,(H,25,27)/t30-/m1/s1. The summed E-state index contributed by atoms with van der Waals surface area (Å²) in [5.41, 5.74) is 2.24. The maximum absolute atomic E-state index is 13.2. The Morgan fingerprint density at radius 2 is 1.77 bits per heavy atom. The van der Waals surface area contributed by atoms with Gasteiger partial charge in [-0.1, -0.05) is 35.9 Å². The second-order valence-electron chi connectivity index (χ2n) is 6.81. The Bertz CT molecular complexity index is 1160. The van der Waals surface area contributed by atoms with Gasteiger partial charge < -0.3 is 10.2 Å². The molecule has 1 atom stereocenters. The highest BCUT2D eigenvalue weighted by molar-refractivity contribution is 7.85. The van der Waals surface area contributed by atoms with E-state index in [0.29, 0.717) is 44.7 Å². The predicted octanol–water partition coefficient (Wildman–Crippen LogP) is 4.42. The molecule has 0 saturated carbocycles. The summed E-state index contributed by atoms with van der Waals surface area (Å²) in [5.74, 6) is -0.497. The highest BCUT2D eigenvalue weighted by Gasteiger charge is 2.30. The fraction of sp³-hybridized carbons (Fsp3) is 0.130. The van der Waals surface area contributed by atoms with Crippen LogP contribution in [0.5, 0.6) is 0 Å². The zero-order chi connectivity index (χ0) is 21.3. The second kappa shape index (κ2) is 8.42. The summed E-state index contributed by atoms with van der Waals surface area (Å²) in [6.45, 7) is 2.60. The fourth-order valence-corrected chi connectivity index (χ4v) is 4.88. The number of rotatable bonds is 4. The Morgan fingerprint density at radius 1 is 1.03 bits per heavy atom. The van der Waals surface area contributed by atoms with E-state index in [0.717, 1.165) is 5.56 Å². The van der Waals surface area contributed by atoms with Crippen molar-refractivity contribution >= 4 is 39.9 Å². The molecule has 1 N–H and O–H groups in total. The second-order valence-corrected chi connectivity index (χ2v) is 8.66. The average molecular weight is 439 g/mol. The maximum atomic E-state index is 13.2. The molecule has 1 heterocycles. The van der Waals surface area contributed by atoms with Gasteiger partial charge in [-0.25, -0.2) is 4.21 Å². The van der Waals surface area contributed by atoms with Crippen LogP contribution >= 0.6 is 11.6 Å². The van der Waals surface area contributed by atoms with Crippen molar-refractivity contribution in [1.29, 1.82) is 0 Å². The first-order chi connectivity index (χ1) is 14.5. The molecule has 3 aromatic carbocycles. The Balaban J connectivity index is 1.66. The zero-order valence-electron chi connectivity index (χ0n) is 16.2. The van der Waals surface area contributed by atoms with Gasteiger partial charge in [0.1, 0.15) is 0 Å². The van der Waals surface area contributed by atoms with Gasteiger partial charge in [0.05, 0.1) is 31.8 Å². The first-order valence-electron chi connectivity index (χ1n) is 9.49. The molecule has 2 amide bonds. The SMILES string of the molecule is CCN1C(=O)c2ccccc2[S@@](=O)c2ccc(C(=O)NCc3ccc(Cl)cc3)cc21. The lowest BCUT2D eigenvalue weighted by Gasteiger charge is -2.21. The van der Waals surface area contributed by atoms with E-state index in [1.165, 1.54) is 0 Å². The number of carbonyl (C=O) groups excluding carboxylic acids is 2. The number of benzene rings is 3. The quantitative estimate of drug-likeness (QED) is 0.655. The third kappa shape index (κ3) is 3.76. The molecule has 1 aliphatic heterocycles. The largest absolute Gasteiger partial charge is 0.348 e. The molecule has 0 radical (unpaired) electrons. The lowest BCUT2D eigenvalue weighted by atomic mass is 10.1. The van der Waals surface area contributed by atoms with Crippen molar-refractivity contribution < 1.29 is 13.8 Å². The normalized spacial score (nSPS) is 15.2. The molecule has 0 bridgehead atoms. The van der Waals surface area contributed by atoms with E-state index < -0.39 is 10.8 Å². The van der Waals surface area contributed by atoms with Gasteiger partial charge >= 0.3 is 0 Å². The van der Waals surface area contributed by atoms with Crippen molar-refractivity contribution in [2.75, 3.05) is 11.4 Å². The van der Waals surface area contributed by atoms with Crippen molar-refractivity contribution in [3.8, 4) is 0 Å². The molecule has 0 fully saturated rings. The number of nitrogens with zero attached hydrogens (tertiary/aromatic N) is 1. The van der Waals surface area contributed by atoms with Gasteiger partial charge in [-0.3, -0.25) is 9.59 Å². The molecule has 0 spiro atoms. The third-order valence-electron chi connectivity index (χ3n) is 4.96. The molecule has 1 aliphatic rings. The van der Waals surface area contributed by atoms with Gasteiger partial charge in [0.15, 0.2) is 0 Å². The Morgan fingerprint density at radius 3 is 2.50 bits per heavy atom. The number of amides is 2. The van der Waals surface area contributed by atoms with Crippen LogP contribution in [0, 0.1) is 0 Å². The van der Waals surface area contributed by atoms with Crippen molar-refractivity contribution in [2.24, 2.45) is 0 Å². The number of nitrogens with one attached hydrogen (secondary N) is 1. The zero-order valence-corrected chi connectivity index (χ0v) is 17.8. The Hall–Kier alpha value is -2.96. The summed E-state index contributed by atoms with van der Waals surface area (Å²) >= 11 is 5.89. The highest BCUT2D eigenvalue weighted by Crippen LogP contribution is 2.35. The van der Waals surface area contributed by atoms with E-state index in [1.807, 2.05) is 19.1 Å². The Kier molecular flexibility index (Phi) is 5.70. The molecule has 0 saturated heterocycles. The van der Waals surface area contributed by atoms with E-state index in [1.54, 1.807) is 59.5 Å². The number of hydrogen-bond acceptors (Lipinski definition) is 3. The predicted molar refractivity (Wildman–Crippen MR) is 118 cm³/mol. The van der Waals surface area contributed by atoms with Gasteiger partial charge in [-0.05, 0) is 55.0 Å². The monoisotopic (exact) mass is 438 g/mol. The minimum atomic E-state index is -1.51. The van der Waals surface area contributed by atoms with Gasteiger partial charge in [0.2, 0.25) is 0 Å². The molecule has 7 heteroatoms. The van der Waals surface area contributed by atoms with Crippen molar-refractivity contribution in [1.82, 2.24) is 5.32 Å². The van der Waals surface area contributed by atoms with Gasteiger partial charge in [-0.15, -0.1) is 0 Å². The number of anilines is 1. The first kappa shape index (κ1) is 20.3. The number of halogens is 1. The summed E-state index contributed by atoms with van der Waals surface area (Å²) in [5, 5.41) is 3.50. The lowest BCUT2D eigenvalue weighted by molar-refractivity contribution is 0.0947. The molecule has 0 aromatic heterocycles. The molecule has 4 rings (SSSR count). The summed E-state index contributed by atoms with van der Waals surface area (Å²) in [6, 6.07) is 19.1. The van der Waals surface area contributed by atoms with E-state index >= 15 is 0 Å². The number of carbonyl (C=O) groups is 2. The fourth-order valence-electron chi connectivity index (χ4n) is 3.41. The van der Waals surface area contributed by atoms with Crippen LogP contribution in [-0.2, 0) is 17.3 Å². The van der Waals surface area contributed by atoms with E-state index in [9.17, 15) is 13.8 Å². The van der Waals surface area contributed by atoms with E-state index in [-0.39, 0.29) is 11.8 Å². The van der Waals surface area contributed by atoms with Crippen LogP contribution < -0.4 is 10.2 Å². The van der Waals surface area contributed by atoms with Crippen molar-refractivity contribution in [2.45, 2.75) is 23.3 Å². The van der Waals surface area contributed by atoms with E-state index in [2.05, 4.69) is 5.32 Å². The first-order valence-corrected chi connectivity index (χ1v) is 11.0. The minimum Gasteiger partial charge on any atom is -0.348 e. The Labute approximate surface area is 182 Å². The minimum absolute atomic E-state index is 0.223. The number of fused-ring (bicyclic) bond motifs is 2. The molecular formula is C23H19ClN2O3S. The summed E-state index contributed by atoms with van der Waals surface area (Å²) < 4.78 is 13.2. The summed E-state index contributed by atoms with van der Waals surface area (Å²) in [7, 11) is -1.51. The van der Waals surface area contributed by atoms with Gasteiger partial charge in [0.25, 0.3) is 11.8 Å². The van der Waals surface area contributed by atoms with Crippen LogP contribution in [0.4, 0.5) is 5.69 Å². The topological polar surface area (TPSA) is 66.5 Å². The van der Waals surface area contributed by atoms with Crippen LogP contribution in [0.15, 0.2) is 76.5 Å². The number of hydrogen-bond donors (Lipinski definition) is 1. The van der Waals surface area contributed by atoms with Gasteiger partial charge in [-0.2, -0.15) is 0 Å². The molecule has 3 aromatic rings. The van der Waals surface area contributed by atoms with Crippen molar-refractivity contribution in [3.05, 3.63) is 88.4 Å². The van der Waals surface area contributed by atoms with Crippen LogP contribution in [-0.4, -0.2) is 22.6 Å². The summed E-state index contributed by atoms with van der Waals surface area (Å²) in [6.07, 6.45) is 0. The summed E-state index contributed by atoms with van der Waals surface area (Å²) in [4.78, 5) is 28.4. The smallest absolute Gasteiger partial charge is 0.259 e. The van der Waals surface area contributed by atoms with Crippen LogP contribution in [0.25, 0.3) is 0 Å². The molecular weight excluding hydrogens is 420 g/mol. The molecule has 152 valence electrons. The molecule has 5 nitrogen and oxygen atoms in total. The van der Waals surface area contributed by atoms with Crippen LogP contribution in [0.1, 0.15) is 33.2 Å².